The van der Waals surface area contributed by atoms with Crippen LogP contribution in [0.5, 0.6) is 0 Å². The molecule has 5 heteroatoms. The molecule has 0 saturated heterocycles. The van der Waals surface area contributed by atoms with E-state index in [-0.39, 0.29) is 23.8 Å². The van der Waals surface area contributed by atoms with Gasteiger partial charge < -0.3 is 5.32 Å². The van der Waals surface area contributed by atoms with Crippen LogP contribution in [0.2, 0.25) is 0 Å². The number of benzene rings is 2. The van der Waals surface area contributed by atoms with Gasteiger partial charge in [-0.05, 0) is 17.0 Å². The second-order valence-electron chi connectivity index (χ2n) is 6.74. The normalized spacial score (nSPS) is 12.3. The third-order valence-corrected chi connectivity index (χ3v) is 4.52. The van der Waals surface area contributed by atoms with Gasteiger partial charge in [0.05, 0.1) is 24.7 Å². The largest absolute Gasteiger partial charge is 0.350 e. The fraction of sp³-hybridized carbons (Fsp3) is 0.286. The van der Waals surface area contributed by atoms with E-state index in [4.69, 9.17) is 0 Å². The topological polar surface area (TPSA) is 59.8 Å². The van der Waals surface area contributed by atoms with Crippen molar-refractivity contribution in [3.05, 3.63) is 84.2 Å². The number of amides is 1. The molecular formula is C21H24N4O. The molecule has 0 fully saturated rings. The van der Waals surface area contributed by atoms with Gasteiger partial charge in [-0.2, -0.15) is 0 Å². The summed E-state index contributed by atoms with van der Waals surface area (Å²) in [5.74, 6) is -0.0639. The summed E-state index contributed by atoms with van der Waals surface area (Å²) in [5.41, 5.74) is 1.97. The molecule has 1 heterocycles. The zero-order valence-corrected chi connectivity index (χ0v) is 15.1. The fourth-order valence-electron chi connectivity index (χ4n) is 3.01. The van der Waals surface area contributed by atoms with Crippen LogP contribution in [0, 0.1) is 5.92 Å². The molecule has 5 nitrogen and oxygen atoms in total. The first-order valence-corrected chi connectivity index (χ1v) is 8.89. The lowest BCUT2D eigenvalue weighted by atomic mass is 9.90. The Balaban J connectivity index is 1.85. The molecule has 1 atom stereocenters. The lowest BCUT2D eigenvalue weighted by Crippen LogP contribution is -2.44. The Kier molecular flexibility index (Phi) is 5.79. The van der Waals surface area contributed by atoms with Crippen molar-refractivity contribution in [2.75, 3.05) is 0 Å². The third kappa shape index (κ3) is 4.36. The SMILES string of the molecule is CC(C)C(Cn1ccnn1)NC(=O)C(c1ccccc1)c1ccccc1. The maximum atomic E-state index is 13.2. The minimum Gasteiger partial charge on any atom is -0.350 e. The van der Waals surface area contributed by atoms with Crippen molar-refractivity contribution < 1.29 is 4.79 Å². The van der Waals surface area contributed by atoms with Crippen LogP contribution in [0.25, 0.3) is 0 Å². The van der Waals surface area contributed by atoms with E-state index in [2.05, 4.69) is 29.5 Å². The van der Waals surface area contributed by atoms with Crippen LogP contribution in [0.4, 0.5) is 0 Å². The molecule has 134 valence electrons. The number of nitrogens with zero attached hydrogens (tertiary/aromatic N) is 3. The van der Waals surface area contributed by atoms with E-state index in [1.54, 1.807) is 10.9 Å². The highest BCUT2D eigenvalue weighted by molar-refractivity contribution is 5.87. The van der Waals surface area contributed by atoms with Gasteiger partial charge in [-0.1, -0.05) is 79.7 Å². The minimum atomic E-state index is -0.339. The molecule has 0 radical (unpaired) electrons. The molecule has 0 aliphatic rings. The van der Waals surface area contributed by atoms with E-state index in [1.165, 1.54) is 0 Å². The van der Waals surface area contributed by atoms with Gasteiger partial charge in [0, 0.05) is 6.20 Å². The molecule has 1 unspecified atom stereocenters. The van der Waals surface area contributed by atoms with E-state index < -0.39 is 0 Å². The first kappa shape index (κ1) is 17.9. The van der Waals surface area contributed by atoms with Crippen LogP contribution >= 0.6 is 0 Å². The van der Waals surface area contributed by atoms with Gasteiger partial charge >= 0.3 is 0 Å². The summed E-state index contributed by atoms with van der Waals surface area (Å²) in [4.78, 5) is 13.2. The maximum Gasteiger partial charge on any atom is 0.232 e. The van der Waals surface area contributed by atoms with Gasteiger partial charge in [0.2, 0.25) is 5.91 Å². The van der Waals surface area contributed by atoms with Gasteiger partial charge in [0.1, 0.15) is 0 Å². The molecule has 0 spiro atoms. The first-order valence-electron chi connectivity index (χ1n) is 8.89. The van der Waals surface area contributed by atoms with Crippen LogP contribution < -0.4 is 5.32 Å². The standard InChI is InChI=1S/C21H24N4O/c1-16(2)19(15-25-14-13-22-24-25)23-21(26)20(17-9-5-3-6-10-17)18-11-7-4-8-12-18/h3-14,16,19-20H,15H2,1-2H3,(H,23,26). The molecule has 0 saturated carbocycles. The molecule has 0 bridgehead atoms. The summed E-state index contributed by atoms with van der Waals surface area (Å²) < 4.78 is 1.75. The highest BCUT2D eigenvalue weighted by Crippen LogP contribution is 2.25. The summed E-state index contributed by atoms with van der Waals surface area (Å²) in [6.07, 6.45) is 3.46. The minimum absolute atomic E-state index is 0.00113. The van der Waals surface area contributed by atoms with Gasteiger partial charge in [0.15, 0.2) is 0 Å². The Morgan fingerprint density at radius 3 is 2.04 bits per heavy atom. The lowest BCUT2D eigenvalue weighted by molar-refractivity contribution is -0.122. The first-order chi connectivity index (χ1) is 12.6. The monoisotopic (exact) mass is 348 g/mol. The Bertz CT molecular complexity index is 761. The van der Waals surface area contributed by atoms with Crippen LogP contribution in [-0.2, 0) is 11.3 Å². The van der Waals surface area contributed by atoms with Gasteiger partial charge in [-0.15, -0.1) is 5.10 Å². The van der Waals surface area contributed by atoms with E-state index in [0.717, 1.165) is 11.1 Å². The zero-order valence-electron chi connectivity index (χ0n) is 15.1. The molecule has 2 aromatic carbocycles. The summed E-state index contributed by atoms with van der Waals surface area (Å²) >= 11 is 0. The van der Waals surface area contributed by atoms with Crippen LogP contribution in [0.15, 0.2) is 73.1 Å². The van der Waals surface area contributed by atoms with Gasteiger partial charge in [-0.3, -0.25) is 9.48 Å². The fourth-order valence-corrected chi connectivity index (χ4v) is 3.01. The lowest BCUT2D eigenvalue weighted by Gasteiger charge is -2.26. The molecule has 1 aromatic heterocycles. The van der Waals surface area contributed by atoms with E-state index in [1.807, 2.05) is 66.9 Å². The van der Waals surface area contributed by atoms with Crippen LogP contribution in [0.3, 0.4) is 0 Å². The summed E-state index contributed by atoms with van der Waals surface area (Å²) in [6, 6.07) is 19.8. The zero-order chi connectivity index (χ0) is 18.4. The second-order valence-corrected chi connectivity index (χ2v) is 6.74. The van der Waals surface area contributed by atoms with E-state index in [9.17, 15) is 4.79 Å². The molecule has 3 rings (SSSR count). The van der Waals surface area contributed by atoms with Crippen molar-refractivity contribution in [2.45, 2.75) is 32.4 Å². The maximum absolute atomic E-state index is 13.2. The second kappa shape index (κ2) is 8.43. The molecular weight excluding hydrogens is 324 g/mol. The average molecular weight is 348 g/mol. The Hall–Kier alpha value is -2.95. The summed E-state index contributed by atoms with van der Waals surface area (Å²) in [7, 11) is 0. The number of aromatic nitrogens is 3. The number of hydrogen-bond acceptors (Lipinski definition) is 3. The number of rotatable bonds is 7. The van der Waals surface area contributed by atoms with Crippen molar-refractivity contribution in [1.29, 1.82) is 0 Å². The third-order valence-electron chi connectivity index (χ3n) is 4.52. The summed E-state index contributed by atoms with van der Waals surface area (Å²) in [6.45, 7) is 4.80. The number of hydrogen-bond donors (Lipinski definition) is 1. The number of carbonyl (C=O) groups excluding carboxylic acids is 1. The highest BCUT2D eigenvalue weighted by Gasteiger charge is 2.26. The predicted octanol–water partition coefficient (Wildman–Crippen LogP) is 3.25. The average Bonchev–Trinajstić information content (AvgIpc) is 3.16. The highest BCUT2D eigenvalue weighted by atomic mass is 16.2. The Labute approximate surface area is 154 Å². The molecule has 0 aliphatic heterocycles. The van der Waals surface area contributed by atoms with Crippen molar-refractivity contribution in [3.8, 4) is 0 Å². The van der Waals surface area contributed by atoms with Gasteiger partial charge in [0.25, 0.3) is 0 Å². The van der Waals surface area contributed by atoms with Crippen molar-refractivity contribution in [2.24, 2.45) is 5.92 Å². The van der Waals surface area contributed by atoms with Crippen molar-refractivity contribution >= 4 is 5.91 Å². The predicted molar refractivity (Wildman–Crippen MR) is 102 cm³/mol. The number of nitrogens with one attached hydrogen (secondary N) is 1. The number of carbonyl (C=O) groups is 1. The Morgan fingerprint density at radius 1 is 1.00 bits per heavy atom. The quantitative estimate of drug-likeness (QED) is 0.713. The van der Waals surface area contributed by atoms with E-state index in [0.29, 0.717) is 6.54 Å². The van der Waals surface area contributed by atoms with Crippen LogP contribution in [-0.4, -0.2) is 26.9 Å². The molecule has 3 aromatic rings. The van der Waals surface area contributed by atoms with Crippen molar-refractivity contribution in [3.63, 3.8) is 0 Å². The van der Waals surface area contributed by atoms with E-state index >= 15 is 0 Å². The molecule has 1 N–H and O–H groups in total. The summed E-state index contributed by atoms with van der Waals surface area (Å²) in [5, 5.41) is 11.1. The van der Waals surface area contributed by atoms with Gasteiger partial charge in [-0.25, -0.2) is 0 Å². The molecule has 26 heavy (non-hydrogen) atoms. The Morgan fingerprint density at radius 2 is 1.58 bits per heavy atom. The molecule has 0 aliphatic carbocycles. The van der Waals surface area contributed by atoms with Crippen LogP contribution in [0.1, 0.15) is 30.9 Å². The molecule has 1 amide bonds. The van der Waals surface area contributed by atoms with Crippen molar-refractivity contribution in [1.82, 2.24) is 20.3 Å². The smallest absolute Gasteiger partial charge is 0.232 e.